The molecule has 2 aromatic carbocycles. The zero-order chi connectivity index (χ0) is 14.0. The van der Waals surface area contributed by atoms with Crippen molar-refractivity contribution in [2.24, 2.45) is 5.73 Å². The largest absolute Gasteiger partial charge is 0.397 e. The molecule has 0 unspecified atom stereocenters. The Morgan fingerprint density at radius 2 is 2.00 bits per heavy atom. The average Bonchev–Trinajstić information content (AvgIpc) is 2.34. The summed E-state index contributed by atoms with van der Waals surface area (Å²) >= 11 is 5.67. The number of para-hydroxylation sites is 1. The first-order chi connectivity index (χ1) is 8.99. The lowest BCUT2D eigenvalue weighted by Gasteiger charge is -2.13. The first-order valence-electron chi connectivity index (χ1n) is 5.39. The maximum atomic E-state index is 13.7. The summed E-state index contributed by atoms with van der Waals surface area (Å²) in [6, 6.07) is 8.83. The van der Waals surface area contributed by atoms with Crippen LogP contribution in [0.25, 0.3) is 0 Å². The van der Waals surface area contributed by atoms with Gasteiger partial charge in [0, 0.05) is 5.02 Å². The van der Waals surface area contributed by atoms with E-state index in [-0.39, 0.29) is 22.0 Å². The SMILES string of the molecule is NC(=O)c1cccc(N)c1Nc1ccc(Cl)cc1F. The highest BCUT2D eigenvalue weighted by atomic mass is 35.5. The quantitative estimate of drug-likeness (QED) is 0.756. The highest BCUT2D eigenvalue weighted by Crippen LogP contribution is 2.29. The summed E-state index contributed by atoms with van der Waals surface area (Å²) in [6.07, 6.45) is 0. The van der Waals surface area contributed by atoms with Gasteiger partial charge in [-0.25, -0.2) is 4.39 Å². The number of carbonyl (C=O) groups is 1. The normalized spacial score (nSPS) is 10.2. The van der Waals surface area contributed by atoms with E-state index in [9.17, 15) is 9.18 Å². The summed E-state index contributed by atoms with van der Waals surface area (Å²) in [4.78, 5) is 11.3. The minimum atomic E-state index is -0.649. The van der Waals surface area contributed by atoms with E-state index in [1.807, 2.05) is 0 Å². The molecule has 5 N–H and O–H groups in total. The van der Waals surface area contributed by atoms with E-state index in [4.69, 9.17) is 23.1 Å². The molecule has 0 aliphatic rings. The van der Waals surface area contributed by atoms with Crippen LogP contribution in [0.5, 0.6) is 0 Å². The van der Waals surface area contributed by atoms with Gasteiger partial charge in [0.15, 0.2) is 0 Å². The Balaban J connectivity index is 2.46. The fourth-order valence-electron chi connectivity index (χ4n) is 1.64. The van der Waals surface area contributed by atoms with Gasteiger partial charge in [0.1, 0.15) is 5.82 Å². The standard InChI is InChI=1S/C13H11ClFN3O/c14-7-4-5-11(9(15)6-7)18-12-8(13(17)19)2-1-3-10(12)16/h1-6,18H,16H2,(H2,17,19). The summed E-state index contributed by atoms with van der Waals surface area (Å²) in [7, 11) is 0. The van der Waals surface area contributed by atoms with Crippen molar-refractivity contribution in [3.05, 3.63) is 52.8 Å². The third-order valence-electron chi connectivity index (χ3n) is 2.55. The first kappa shape index (κ1) is 13.2. The van der Waals surface area contributed by atoms with Gasteiger partial charge in [0.25, 0.3) is 5.91 Å². The number of primary amides is 1. The summed E-state index contributed by atoms with van der Waals surface area (Å²) in [6.45, 7) is 0. The number of rotatable bonds is 3. The van der Waals surface area contributed by atoms with E-state index < -0.39 is 11.7 Å². The Morgan fingerprint density at radius 1 is 1.26 bits per heavy atom. The smallest absolute Gasteiger partial charge is 0.250 e. The lowest BCUT2D eigenvalue weighted by Crippen LogP contribution is -2.14. The molecule has 4 nitrogen and oxygen atoms in total. The molecule has 0 radical (unpaired) electrons. The van der Waals surface area contributed by atoms with Crippen molar-refractivity contribution < 1.29 is 9.18 Å². The van der Waals surface area contributed by atoms with Gasteiger partial charge in [-0.15, -0.1) is 0 Å². The number of nitrogens with two attached hydrogens (primary N) is 2. The fourth-order valence-corrected chi connectivity index (χ4v) is 1.80. The lowest BCUT2D eigenvalue weighted by molar-refractivity contribution is 0.100. The van der Waals surface area contributed by atoms with Crippen molar-refractivity contribution in [2.45, 2.75) is 0 Å². The molecule has 98 valence electrons. The van der Waals surface area contributed by atoms with Crippen molar-refractivity contribution in [3.8, 4) is 0 Å². The van der Waals surface area contributed by atoms with Crippen molar-refractivity contribution in [3.63, 3.8) is 0 Å². The molecule has 0 heterocycles. The number of halogens is 2. The van der Waals surface area contributed by atoms with Crippen LogP contribution >= 0.6 is 11.6 Å². The number of nitrogens with one attached hydrogen (secondary N) is 1. The van der Waals surface area contributed by atoms with Gasteiger partial charge in [-0.05, 0) is 30.3 Å². The van der Waals surface area contributed by atoms with Crippen LogP contribution in [0, 0.1) is 5.82 Å². The molecule has 1 amide bonds. The maximum Gasteiger partial charge on any atom is 0.250 e. The lowest BCUT2D eigenvalue weighted by atomic mass is 10.1. The van der Waals surface area contributed by atoms with E-state index in [1.165, 1.54) is 18.2 Å². The Bertz CT molecular complexity index is 646. The number of anilines is 3. The Labute approximate surface area is 114 Å². The number of hydrogen-bond donors (Lipinski definition) is 3. The van der Waals surface area contributed by atoms with E-state index >= 15 is 0 Å². The van der Waals surface area contributed by atoms with E-state index in [2.05, 4.69) is 5.32 Å². The molecule has 0 spiro atoms. The molecule has 0 atom stereocenters. The topological polar surface area (TPSA) is 81.1 Å². The number of carbonyl (C=O) groups excluding carboxylic acids is 1. The predicted octanol–water partition coefficient (Wildman–Crippen LogP) is 2.90. The van der Waals surface area contributed by atoms with Gasteiger partial charge in [-0.3, -0.25) is 4.79 Å². The van der Waals surface area contributed by atoms with Gasteiger partial charge in [-0.1, -0.05) is 17.7 Å². The van der Waals surface area contributed by atoms with Crippen molar-refractivity contribution >= 4 is 34.6 Å². The van der Waals surface area contributed by atoms with E-state index in [0.29, 0.717) is 5.69 Å². The van der Waals surface area contributed by atoms with Crippen molar-refractivity contribution in [2.75, 3.05) is 11.1 Å². The molecule has 19 heavy (non-hydrogen) atoms. The van der Waals surface area contributed by atoms with Crippen LogP contribution in [0.1, 0.15) is 10.4 Å². The van der Waals surface area contributed by atoms with Gasteiger partial charge < -0.3 is 16.8 Å². The highest BCUT2D eigenvalue weighted by Gasteiger charge is 2.13. The fraction of sp³-hybridized carbons (Fsp3) is 0. The Morgan fingerprint density at radius 3 is 2.63 bits per heavy atom. The number of benzene rings is 2. The van der Waals surface area contributed by atoms with Crippen LogP contribution in [0.2, 0.25) is 5.02 Å². The predicted molar refractivity (Wildman–Crippen MR) is 74.1 cm³/mol. The van der Waals surface area contributed by atoms with Crippen LogP contribution in [0.4, 0.5) is 21.5 Å². The second-order valence-corrected chi connectivity index (χ2v) is 4.32. The zero-order valence-electron chi connectivity index (χ0n) is 9.78. The average molecular weight is 280 g/mol. The van der Waals surface area contributed by atoms with Crippen LogP contribution in [0.15, 0.2) is 36.4 Å². The zero-order valence-corrected chi connectivity index (χ0v) is 10.5. The van der Waals surface area contributed by atoms with Crippen LogP contribution < -0.4 is 16.8 Å². The third-order valence-corrected chi connectivity index (χ3v) is 2.79. The van der Waals surface area contributed by atoms with Crippen LogP contribution in [-0.4, -0.2) is 5.91 Å². The summed E-state index contributed by atoms with van der Waals surface area (Å²) in [5, 5.41) is 3.04. The van der Waals surface area contributed by atoms with Crippen LogP contribution in [-0.2, 0) is 0 Å². The van der Waals surface area contributed by atoms with Gasteiger partial charge >= 0.3 is 0 Å². The molecule has 0 saturated heterocycles. The molecule has 0 bridgehead atoms. The van der Waals surface area contributed by atoms with Gasteiger partial charge in [0.2, 0.25) is 0 Å². The molecule has 0 saturated carbocycles. The summed E-state index contributed by atoms with van der Waals surface area (Å²) in [5.74, 6) is -1.20. The minimum Gasteiger partial charge on any atom is -0.397 e. The molecular weight excluding hydrogens is 269 g/mol. The summed E-state index contributed by atoms with van der Waals surface area (Å²) in [5.41, 5.74) is 11.9. The second-order valence-electron chi connectivity index (χ2n) is 3.88. The molecular formula is C13H11ClFN3O. The molecule has 6 heteroatoms. The minimum absolute atomic E-state index is 0.157. The van der Waals surface area contributed by atoms with Crippen molar-refractivity contribution in [1.82, 2.24) is 0 Å². The van der Waals surface area contributed by atoms with E-state index in [0.717, 1.165) is 6.07 Å². The molecule has 0 aliphatic carbocycles. The second kappa shape index (κ2) is 5.16. The van der Waals surface area contributed by atoms with Gasteiger partial charge in [-0.2, -0.15) is 0 Å². The van der Waals surface area contributed by atoms with Crippen LogP contribution in [0.3, 0.4) is 0 Å². The maximum absolute atomic E-state index is 13.7. The Hall–Kier alpha value is -2.27. The highest BCUT2D eigenvalue weighted by molar-refractivity contribution is 6.30. The molecule has 0 aromatic heterocycles. The molecule has 0 aliphatic heterocycles. The molecule has 2 aromatic rings. The molecule has 2 rings (SSSR count). The Kier molecular flexibility index (Phi) is 3.57. The third kappa shape index (κ3) is 2.77. The molecule has 0 fully saturated rings. The monoisotopic (exact) mass is 279 g/mol. The van der Waals surface area contributed by atoms with Gasteiger partial charge in [0.05, 0.1) is 22.6 Å². The number of hydrogen-bond acceptors (Lipinski definition) is 3. The number of amides is 1. The number of nitrogen functional groups attached to an aromatic ring is 1. The summed E-state index contributed by atoms with van der Waals surface area (Å²) < 4.78 is 13.7. The van der Waals surface area contributed by atoms with Crippen molar-refractivity contribution in [1.29, 1.82) is 0 Å². The van der Waals surface area contributed by atoms with E-state index in [1.54, 1.807) is 12.1 Å². The first-order valence-corrected chi connectivity index (χ1v) is 5.77.